The van der Waals surface area contributed by atoms with Crippen molar-refractivity contribution in [2.75, 3.05) is 38.7 Å². The molecule has 0 aromatic heterocycles. The monoisotopic (exact) mass is 437 g/mol. The summed E-state index contributed by atoms with van der Waals surface area (Å²) in [7, 11) is 1.52. The van der Waals surface area contributed by atoms with E-state index in [2.05, 4.69) is 10.6 Å². The summed E-state index contributed by atoms with van der Waals surface area (Å²) in [6.07, 6.45) is 0. The highest BCUT2D eigenvalue weighted by molar-refractivity contribution is 5.92. The number of nitrogens with zero attached hydrogens (tertiary/aromatic N) is 1. The van der Waals surface area contributed by atoms with Gasteiger partial charge in [0.15, 0.2) is 29.0 Å². The highest BCUT2D eigenvalue weighted by Gasteiger charge is 2.19. The van der Waals surface area contributed by atoms with Gasteiger partial charge in [0.05, 0.1) is 24.8 Å². The maximum atomic E-state index is 13.7. The predicted molar refractivity (Wildman–Crippen MR) is 106 cm³/mol. The highest BCUT2D eigenvalue weighted by atomic mass is 19.2. The average molecular weight is 437 g/mol. The lowest BCUT2D eigenvalue weighted by Gasteiger charge is -2.22. The molecular weight excluding hydrogens is 415 g/mol. The van der Waals surface area contributed by atoms with E-state index in [0.29, 0.717) is 30.8 Å². The van der Waals surface area contributed by atoms with E-state index in [1.165, 1.54) is 11.9 Å². The first-order valence-corrected chi connectivity index (χ1v) is 9.55. The van der Waals surface area contributed by atoms with Crippen molar-refractivity contribution in [3.05, 3.63) is 53.3 Å². The summed E-state index contributed by atoms with van der Waals surface area (Å²) in [5.41, 5.74) is 0.348. The summed E-state index contributed by atoms with van der Waals surface area (Å²) in [5.74, 6) is -4.26. The largest absolute Gasteiger partial charge is 0.486 e. The van der Waals surface area contributed by atoms with Crippen molar-refractivity contribution >= 4 is 17.5 Å². The number of amides is 2. The fourth-order valence-electron chi connectivity index (χ4n) is 3.06. The number of hydrogen-bond acceptors (Lipinski definition) is 5. The predicted octanol–water partition coefficient (Wildman–Crippen LogP) is 2.62. The standard InChI is InChI=1S/C21H22F3N3O4/c1-12(13-3-6-16-17(9-13)31-8-7-30-16)25-18(28)10-27(2)11-19(29)26-15-5-4-14(22)20(23)21(15)24/h3-6,9,12H,7-8,10-11H2,1-2H3,(H,25,28)(H,26,29)/t12-/m0/s1. The molecule has 2 amide bonds. The third-order valence-electron chi connectivity index (χ3n) is 4.58. The molecule has 2 aromatic rings. The van der Waals surface area contributed by atoms with E-state index in [1.807, 2.05) is 13.0 Å². The Bertz CT molecular complexity index is 987. The van der Waals surface area contributed by atoms with Crippen molar-refractivity contribution in [1.29, 1.82) is 0 Å². The first-order chi connectivity index (χ1) is 14.7. The summed E-state index contributed by atoms with van der Waals surface area (Å²) >= 11 is 0. The van der Waals surface area contributed by atoms with Crippen LogP contribution in [0.25, 0.3) is 0 Å². The Morgan fingerprint density at radius 1 is 1.00 bits per heavy atom. The van der Waals surface area contributed by atoms with E-state index < -0.39 is 29.0 Å². The van der Waals surface area contributed by atoms with Crippen LogP contribution < -0.4 is 20.1 Å². The summed E-state index contributed by atoms with van der Waals surface area (Å²) in [5, 5.41) is 4.98. The van der Waals surface area contributed by atoms with Gasteiger partial charge in [-0.1, -0.05) is 6.07 Å². The van der Waals surface area contributed by atoms with Gasteiger partial charge in [-0.2, -0.15) is 0 Å². The number of nitrogens with one attached hydrogen (secondary N) is 2. The van der Waals surface area contributed by atoms with Gasteiger partial charge in [0.1, 0.15) is 13.2 Å². The zero-order chi connectivity index (χ0) is 22.5. The van der Waals surface area contributed by atoms with E-state index >= 15 is 0 Å². The molecule has 1 atom stereocenters. The minimum Gasteiger partial charge on any atom is -0.486 e. The van der Waals surface area contributed by atoms with Crippen molar-refractivity contribution in [2.45, 2.75) is 13.0 Å². The van der Waals surface area contributed by atoms with Crippen LogP contribution in [-0.4, -0.2) is 50.1 Å². The second kappa shape index (κ2) is 9.69. The van der Waals surface area contributed by atoms with E-state index in [9.17, 15) is 22.8 Å². The van der Waals surface area contributed by atoms with Crippen LogP contribution >= 0.6 is 0 Å². The normalized spacial score (nSPS) is 13.6. The second-order valence-corrected chi connectivity index (χ2v) is 7.14. The van der Waals surface area contributed by atoms with E-state index in [4.69, 9.17) is 9.47 Å². The minimum absolute atomic E-state index is 0.109. The van der Waals surface area contributed by atoms with Gasteiger partial charge < -0.3 is 20.1 Å². The molecule has 1 aliphatic heterocycles. The number of anilines is 1. The molecule has 31 heavy (non-hydrogen) atoms. The van der Waals surface area contributed by atoms with Gasteiger partial charge in [-0.15, -0.1) is 0 Å². The van der Waals surface area contributed by atoms with Crippen LogP contribution in [0.2, 0.25) is 0 Å². The van der Waals surface area contributed by atoms with Crippen LogP contribution in [-0.2, 0) is 9.59 Å². The zero-order valence-electron chi connectivity index (χ0n) is 17.0. The Morgan fingerprint density at radius 2 is 1.68 bits per heavy atom. The Kier molecular flexibility index (Phi) is 7.01. The molecule has 0 spiro atoms. The minimum atomic E-state index is -1.67. The van der Waals surface area contributed by atoms with Crippen LogP contribution in [0.15, 0.2) is 30.3 Å². The molecule has 0 saturated carbocycles. The zero-order valence-corrected chi connectivity index (χ0v) is 17.0. The van der Waals surface area contributed by atoms with Gasteiger partial charge in [0.2, 0.25) is 11.8 Å². The molecule has 0 unspecified atom stereocenters. The van der Waals surface area contributed by atoms with Gasteiger partial charge >= 0.3 is 0 Å². The van der Waals surface area contributed by atoms with Crippen molar-refractivity contribution in [3.8, 4) is 11.5 Å². The fraction of sp³-hybridized carbons (Fsp3) is 0.333. The third-order valence-corrected chi connectivity index (χ3v) is 4.58. The van der Waals surface area contributed by atoms with Crippen LogP contribution in [0.1, 0.15) is 18.5 Å². The number of ether oxygens (including phenoxy) is 2. The Labute approximate surface area is 177 Å². The summed E-state index contributed by atoms with van der Waals surface area (Å²) in [6, 6.07) is 6.72. The molecule has 166 valence electrons. The molecule has 3 rings (SSSR count). The van der Waals surface area contributed by atoms with Crippen molar-refractivity contribution in [2.24, 2.45) is 0 Å². The molecule has 1 heterocycles. The molecule has 0 saturated heterocycles. The number of carbonyl (C=O) groups excluding carboxylic acids is 2. The van der Waals surface area contributed by atoms with Crippen LogP contribution in [0, 0.1) is 17.5 Å². The number of benzene rings is 2. The molecule has 0 fully saturated rings. The van der Waals surface area contributed by atoms with Gasteiger partial charge in [-0.05, 0) is 43.8 Å². The molecular formula is C21H22F3N3O4. The lowest BCUT2D eigenvalue weighted by atomic mass is 10.1. The number of likely N-dealkylation sites (N-methyl/N-ethyl adjacent to an activating group) is 1. The molecule has 10 heteroatoms. The molecule has 7 nitrogen and oxygen atoms in total. The molecule has 0 radical (unpaired) electrons. The number of fused-ring (bicyclic) bond motifs is 1. The second-order valence-electron chi connectivity index (χ2n) is 7.14. The van der Waals surface area contributed by atoms with Crippen LogP contribution in [0.4, 0.5) is 18.9 Å². The van der Waals surface area contributed by atoms with E-state index in [1.54, 1.807) is 12.1 Å². The van der Waals surface area contributed by atoms with E-state index in [-0.39, 0.29) is 25.0 Å². The van der Waals surface area contributed by atoms with Gasteiger partial charge in [-0.25, -0.2) is 13.2 Å². The summed E-state index contributed by atoms with van der Waals surface area (Å²) in [6.45, 7) is 2.38. The van der Waals surface area contributed by atoms with Gasteiger partial charge in [-0.3, -0.25) is 14.5 Å². The quantitative estimate of drug-likeness (QED) is 0.651. The van der Waals surface area contributed by atoms with E-state index in [0.717, 1.165) is 11.6 Å². The van der Waals surface area contributed by atoms with Gasteiger partial charge in [0, 0.05) is 0 Å². The smallest absolute Gasteiger partial charge is 0.238 e. The molecule has 1 aliphatic rings. The molecule has 0 aliphatic carbocycles. The molecule has 2 N–H and O–H groups in total. The summed E-state index contributed by atoms with van der Waals surface area (Å²) < 4.78 is 50.9. The first kappa shape index (κ1) is 22.4. The fourth-order valence-corrected chi connectivity index (χ4v) is 3.06. The SMILES string of the molecule is C[C@H](NC(=O)CN(C)CC(=O)Nc1ccc(F)c(F)c1F)c1ccc2c(c1)OCCO2. The van der Waals surface area contributed by atoms with Gasteiger partial charge in [0.25, 0.3) is 0 Å². The number of carbonyl (C=O) groups is 2. The van der Waals surface area contributed by atoms with Crippen LogP contribution in [0.3, 0.4) is 0 Å². The van der Waals surface area contributed by atoms with Crippen LogP contribution in [0.5, 0.6) is 11.5 Å². The number of rotatable bonds is 7. The van der Waals surface area contributed by atoms with Crippen molar-refractivity contribution in [3.63, 3.8) is 0 Å². The summed E-state index contributed by atoms with van der Waals surface area (Å²) in [4.78, 5) is 25.8. The Hall–Kier alpha value is -3.27. The van der Waals surface area contributed by atoms with Crippen molar-refractivity contribution < 1.29 is 32.2 Å². The Morgan fingerprint density at radius 3 is 2.42 bits per heavy atom. The molecule has 2 aromatic carbocycles. The average Bonchev–Trinajstić information content (AvgIpc) is 2.73. The topological polar surface area (TPSA) is 79.9 Å². The van der Waals surface area contributed by atoms with Crippen molar-refractivity contribution in [1.82, 2.24) is 10.2 Å². The lowest BCUT2D eigenvalue weighted by molar-refractivity contribution is -0.123. The highest BCUT2D eigenvalue weighted by Crippen LogP contribution is 2.32. The lowest BCUT2D eigenvalue weighted by Crippen LogP contribution is -2.39. The maximum absolute atomic E-state index is 13.7. The first-order valence-electron chi connectivity index (χ1n) is 9.55. The third kappa shape index (κ3) is 5.66. The number of halogens is 3. The maximum Gasteiger partial charge on any atom is 0.238 e. The number of hydrogen-bond donors (Lipinski definition) is 2. The molecule has 0 bridgehead atoms. The Balaban J connectivity index is 1.50.